The third-order valence-electron chi connectivity index (χ3n) is 4.95. The molecule has 0 aliphatic carbocycles. The summed E-state index contributed by atoms with van der Waals surface area (Å²) in [6.45, 7) is 7.93. The number of rotatable bonds is 9. The maximum absolute atomic E-state index is 13.1. The molecule has 2 rings (SSSR count). The van der Waals surface area contributed by atoms with E-state index < -0.39 is 11.6 Å². The van der Waals surface area contributed by atoms with Crippen LogP contribution in [0.5, 0.6) is 0 Å². The maximum Gasteiger partial charge on any atom is 0.325 e. The van der Waals surface area contributed by atoms with Gasteiger partial charge in [-0.05, 0) is 37.7 Å². The van der Waals surface area contributed by atoms with Gasteiger partial charge in [-0.1, -0.05) is 57.5 Å². The van der Waals surface area contributed by atoms with Crippen LogP contribution in [0.1, 0.15) is 58.9 Å². The molecule has 4 amide bonds. The van der Waals surface area contributed by atoms with Crippen molar-refractivity contribution in [2.24, 2.45) is 5.92 Å². The van der Waals surface area contributed by atoms with Gasteiger partial charge in [0.05, 0.1) is 0 Å². The second kappa shape index (κ2) is 9.02. The average molecular weight is 373 g/mol. The number of carbonyl (C=O) groups is 3. The normalized spacial score (nSPS) is 20.7. The fraction of sp³-hybridized carbons (Fsp3) is 0.571. The van der Waals surface area contributed by atoms with Gasteiger partial charge in [0.2, 0.25) is 5.91 Å². The molecule has 1 aromatic carbocycles. The van der Waals surface area contributed by atoms with Crippen LogP contribution in [0.15, 0.2) is 30.3 Å². The number of imide groups is 1. The van der Waals surface area contributed by atoms with E-state index in [1.54, 1.807) is 0 Å². The van der Waals surface area contributed by atoms with Crippen LogP contribution >= 0.6 is 0 Å². The predicted molar refractivity (Wildman–Crippen MR) is 105 cm³/mol. The van der Waals surface area contributed by atoms with Crippen molar-refractivity contribution in [2.75, 3.05) is 6.54 Å². The largest absolute Gasteiger partial charge is 0.352 e. The lowest BCUT2D eigenvalue weighted by Crippen LogP contribution is -2.46. The van der Waals surface area contributed by atoms with E-state index in [4.69, 9.17) is 0 Å². The summed E-state index contributed by atoms with van der Waals surface area (Å²) in [4.78, 5) is 39.0. The molecule has 6 nitrogen and oxygen atoms in total. The molecule has 0 aromatic heterocycles. The molecule has 1 aromatic rings. The lowest BCUT2D eigenvalue weighted by Gasteiger charge is -2.27. The number of benzene rings is 1. The van der Waals surface area contributed by atoms with E-state index in [-0.39, 0.29) is 24.4 Å². The fourth-order valence-electron chi connectivity index (χ4n) is 3.50. The van der Waals surface area contributed by atoms with Gasteiger partial charge >= 0.3 is 6.03 Å². The Morgan fingerprint density at radius 1 is 1.15 bits per heavy atom. The van der Waals surface area contributed by atoms with Crippen molar-refractivity contribution in [3.05, 3.63) is 35.9 Å². The van der Waals surface area contributed by atoms with E-state index in [2.05, 4.69) is 24.5 Å². The van der Waals surface area contributed by atoms with Gasteiger partial charge in [-0.15, -0.1) is 0 Å². The van der Waals surface area contributed by atoms with E-state index in [1.165, 1.54) is 0 Å². The molecule has 6 heteroatoms. The highest BCUT2D eigenvalue weighted by atomic mass is 16.2. The average Bonchev–Trinajstić information content (AvgIpc) is 2.86. The van der Waals surface area contributed by atoms with Crippen molar-refractivity contribution in [2.45, 2.75) is 65.0 Å². The molecule has 2 atom stereocenters. The number of hydrogen-bond donors (Lipinski definition) is 2. The van der Waals surface area contributed by atoms with Crippen molar-refractivity contribution in [3.8, 4) is 0 Å². The van der Waals surface area contributed by atoms with Crippen molar-refractivity contribution in [1.29, 1.82) is 0 Å². The highest BCUT2D eigenvalue weighted by Crippen LogP contribution is 2.33. The minimum absolute atomic E-state index is 0.00943. The highest BCUT2D eigenvalue weighted by molar-refractivity contribution is 6.09. The standard InChI is InChI=1S/C21H31N3O3/c1-5-13-21(17-9-7-6-8-10-17)19(26)24(20(27)23-21)14-18(25)22-16(4)12-11-15(2)3/h6-10,15-16H,5,11-14H2,1-4H3,(H,22,25)(H,23,27)/t16-,21-/m1/s1. The van der Waals surface area contributed by atoms with E-state index in [9.17, 15) is 14.4 Å². The summed E-state index contributed by atoms with van der Waals surface area (Å²) < 4.78 is 0. The van der Waals surface area contributed by atoms with Crippen LogP contribution < -0.4 is 10.6 Å². The van der Waals surface area contributed by atoms with Crippen molar-refractivity contribution in [1.82, 2.24) is 15.5 Å². The Labute approximate surface area is 161 Å². The second-order valence-electron chi connectivity index (χ2n) is 7.78. The number of nitrogens with zero attached hydrogens (tertiary/aromatic N) is 1. The Kier molecular flexibility index (Phi) is 6.99. The van der Waals surface area contributed by atoms with Crippen molar-refractivity contribution < 1.29 is 14.4 Å². The van der Waals surface area contributed by atoms with Gasteiger partial charge in [0.1, 0.15) is 12.1 Å². The third kappa shape index (κ3) is 4.87. The molecule has 27 heavy (non-hydrogen) atoms. The van der Waals surface area contributed by atoms with Crippen LogP contribution in [0.3, 0.4) is 0 Å². The van der Waals surface area contributed by atoms with Gasteiger partial charge in [0.15, 0.2) is 0 Å². The number of nitrogens with one attached hydrogen (secondary N) is 2. The first-order chi connectivity index (χ1) is 12.8. The first-order valence-corrected chi connectivity index (χ1v) is 9.79. The molecule has 1 heterocycles. The van der Waals surface area contributed by atoms with Crippen LogP contribution in [-0.2, 0) is 15.1 Å². The molecule has 0 saturated carbocycles. The molecule has 2 N–H and O–H groups in total. The smallest absolute Gasteiger partial charge is 0.325 e. The lowest BCUT2D eigenvalue weighted by molar-refractivity contribution is -0.135. The molecular weight excluding hydrogens is 342 g/mol. The molecule has 148 valence electrons. The summed E-state index contributed by atoms with van der Waals surface area (Å²) in [5, 5.41) is 5.73. The van der Waals surface area contributed by atoms with Crippen molar-refractivity contribution in [3.63, 3.8) is 0 Å². The van der Waals surface area contributed by atoms with Crippen LogP contribution in [0, 0.1) is 5.92 Å². The Morgan fingerprint density at radius 3 is 2.41 bits per heavy atom. The minimum atomic E-state index is -1.09. The van der Waals surface area contributed by atoms with E-state index in [1.807, 2.05) is 44.2 Å². The summed E-state index contributed by atoms with van der Waals surface area (Å²) >= 11 is 0. The number of urea groups is 1. The summed E-state index contributed by atoms with van der Waals surface area (Å²) in [6, 6.07) is 8.73. The second-order valence-corrected chi connectivity index (χ2v) is 7.78. The van der Waals surface area contributed by atoms with Gasteiger partial charge in [-0.3, -0.25) is 14.5 Å². The number of amides is 4. The zero-order valence-electron chi connectivity index (χ0n) is 16.7. The Morgan fingerprint density at radius 2 is 1.81 bits per heavy atom. The molecular formula is C21H31N3O3. The highest BCUT2D eigenvalue weighted by Gasteiger charge is 2.52. The van der Waals surface area contributed by atoms with Crippen LogP contribution in [-0.4, -0.2) is 35.3 Å². The summed E-state index contributed by atoms with van der Waals surface area (Å²) in [5.74, 6) is -0.100. The van der Waals surface area contributed by atoms with Gasteiger partial charge in [-0.2, -0.15) is 0 Å². The monoisotopic (exact) mass is 373 g/mol. The molecule has 0 spiro atoms. The van der Waals surface area contributed by atoms with Crippen LogP contribution in [0.4, 0.5) is 4.79 Å². The minimum Gasteiger partial charge on any atom is -0.352 e. The van der Waals surface area contributed by atoms with Crippen LogP contribution in [0.2, 0.25) is 0 Å². The topological polar surface area (TPSA) is 78.5 Å². The number of carbonyl (C=O) groups excluding carboxylic acids is 3. The molecule has 1 saturated heterocycles. The summed E-state index contributed by atoms with van der Waals surface area (Å²) in [6.07, 6.45) is 3.10. The Balaban J connectivity index is 2.09. The number of hydrogen-bond acceptors (Lipinski definition) is 3. The Bertz CT molecular complexity index is 675. The van der Waals surface area contributed by atoms with Gasteiger partial charge < -0.3 is 10.6 Å². The fourth-order valence-corrected chi connectivity index (χ4v) is 3.50. The summed E-state index contributed by atoms with van der Waals surface area (Å²) in [7, 11) is 0. The first kappa shape index (κ1) is 20.9. The molecule has 0 radical (unpaired) electrons. The van der Waals surface area contributed by atoms with Crippen LogP contribution in [0.25, 0.3) is 0 Å². The first-order valence-electron chi connectivity index (χ1n) is 9.79. The molecule has 0 unspecified atom stereocenters. The van der Waals surface area contributed by atoms with Gasteiger partial charge in [0, 0.05) is 6.04 Å². The van der Waals surface area contributed by atoms with E-state index in [0.29, 0.717) is 12.3 Å². The maximum atomic E-state index is 13.1. The zero-order valence-corrected chi connectivity index (χ0v) is 16.7. The lowest BCUT2D eigenvalue weighted by atomic mass is 9.85. The predicted octanol–water partition coefficient (Wildman–Crippen LogP) is 3.17. The molecule has 1 aliphatic rings. The van der Waals surface area contributed by atoms with Gasteiger partial charge in [0.25, 0.3) is 5.91 Å². The zero-order chi connectivity index (χ0) is 20.0. The molecule has 1 fully saturated rings. The Hall–Kier alpha value is -2.37. The quantitative estimate of drug-likeness (QED) is 0.653. The van der Waals surface area contributed by atoms with Crippen molar-refractivity contribution >= 4 is 17.8 Å². The van der Waals surface area contributed by atoms with E-state index >= 15 is 0 Å². The van der Waals surface area contributed by atoms with E-state index in [0.717, 1.165) is 29.7 Å². The third-order valence-corrected chi connectivity index (χ3v) is 4.95. The van der Waals surface area contributed by atoms with Gasteiger partial charge in [-0.25, -0.2) is 4.79 Å². The molecule has 1 aliphatic heterocycles. The molecule has 0 bridgehead atoms. The summed E-state index contributed by atoms with van der Waals surface area (Å²) in [5.41, 5.74) is -0.338. The SMILES string of the molecule is CCC[C@]1(c2ccccc2)NC(=O)N(CC(=O)N[C@H](C)CCC(C)C)C1=O.